The van der Waals surface area contributed by atoms with Crippen LogP contribution in [0.15, 0.2) is 24.3 Å². The molecule has 0 amide bonds. The van der Waals surface area contributed by atoms with Crippen LogP contribution in [0, 0.1) is 0 Å². The summed E-state index contributed by atoms with van der Waals surface area (Å²) < 4.78 is 2.66. The highest BCUT2D eigenvalue weighted by Crippen LogP contribution is 2.38. The Hall–Kier alpha value is -0.520. The molecule has 1 aromatic heterocycles. The van der Waals surface area contributed by atoms with E-state index >= 15 is 0 Å². The molecule has 2 aliphatic heterocycles. The summed E-state index contributed by atoms with van der Waals surface area (Å²) in [6, 6.07) is 9.43. The van der Waals surface area contributed by atoms with Crippen molar-refractivity contribution in [3.8, 4) is 0 Å². The number of hydrogen-bond acceptors (Lipinski definition) is 3. The topological polar surface area (TPSA) is 33.1 Å². The van der Waals surface area contributed by atoms with Gasteiger partial charge in [-0.05, 0) is 64.1 Å². The van der Waals surface area contributed by atoms with Crippen LogP contribution in [0.2, 0.25) is 0 Å². The van der Waals surface area contributed by atoms with E-state index in [0.717, 1.165) is 13.1 Å². The van der Waals surface area contributed by atoms with Gasteiger partial charge in [0.25, 0.3) is 0 Å². The van der Waals surface area contributed by atoms with E-state index in [0.29, 0.717) is 17.5 Å². The molecule has 3 fully saturated rings. The van der Waals surface area contributed by atoms with Gasteiger partial charge in [0.05, 0.1) is 11.0 Å². The van der Waals surface area contributed by atoms with Crippen LogP contribution in [0.5, 0.6) is 0 Å². The summed E-state index contributed by atoms with van der Waals surface area (Å²) in [6.07, 6.45) is 15.0. The summed E-state index contributed by atoms with van der Waals surface area (Å²) in [5, 5.41) is 3.61. The van der Waals surface area contributed by atoms with E-state index in [4.69, 9.17) is 4.98 Å². The molecule has 1 saturated carbocycles. The van der Waals surface area contributed by atoms with Gasteiger partial charge in [-0.1, -0.05) is 44.2 Å². The molecule has 5 rings (SSSR count). The van der Waals surface area contributed by atoms with Crippen LogP contribution in [-0.2, 0) is 0 Å². The van der Waals surface area contributed by atoms with E-state index in [1.54, 1.807) is 0 Å². The smallest absolute Gasteiger partial charge is 0.114 e. The second kappa shape index (κ2) is 13.0. The molecule has 1 aromatic carbocycles. The molecule has 0 radical (unpaired) electrons. The van der Waals surface area contributed by atoms with E-state index in [2.05, 4.69) is 46.0 Å². The predicted molar refractivity (Wildman–Crippen MR) is 147 cm³/mol. The molecule has 0 unspecified atom stereocenters. The SMILES string of the molecule is CC1(N2CCC(n3c([C@@H]4CCCNC4)nc4ccccc43)CC2)CCCCCCC1.Cl.Cl.Cl. The summed E-state index contributed by atoms with van der Waals surface area (Å²) in [5.74, 6) is 1.91. The average Bonchev–Trinajstić information content (AvgIpc) is 3.17. The molecule has 3 aliphatic rings. The minimum atomic E-state index is 0. The second-order valence-electron chi connectivity index (χ2n) is 10.4. The highest BCUT2D eigenvalue weighted by molar-refractivity contribution is 5.86. The third-order valence-corrected chi connectivity index (χ3v) is 8.31. The Morgan fingerprint density at radius 3 is 2.21 bits per heavy atom. The Morgan fingerprint density at radius 2 is 1.55 bits per heavy atom. The standard InChI is InChI=1S/C26H40N4.3ClH/c1-26(15-7-3-2-4-8-16-26)29-18-13-22(14-19-29)30-24-12-6-5-11-23(24)28-25(30)21-10-9-17-27-20-21;;;/h5-6,11-12,21-22,27H,2-4,7-10,13-20H2,1H3;3*1H/t21-;;;/m1.../s1. The lowest BCUT2D eigenvalue weighted by Gasteiger charge is -2.46. The lowest BCUT2D eigenvalue weighted by Crippen LogP contribution is -2.50. The zero-order valence-corrected chi connectivity index (χ0v) is 22.6. The molecule has 3 heterocycles. The van der Waals surface area contributed by atoms with Crippen LogP contribution in [0.3, 0.4) is 0 Å². The maximum atomic E-state index is 5.17. The van der Waals surface area contributed by atoms with E-state index in [1.807, 2.05) is 0 Å². The van der Waals surface area contributed by atoms with Crippen LogP contribution < -0.4 is 5.32 Å². The molecule has 1 N–H and O–H groups in total. The Kier molecular flexibility index (Phi) is 11.3. The average molecular weight is 518 g/mol. The Morgan fingerprint density at radius 1 is 0.879 bits per heavy atom. The van der Waals surface area contributed by atoms with Crippen LogP contribution >= 0.6 is 37.2 Å². The number of nitrogens with one attached hydrogen (secondary N) is 1. The monoisotopic (exact) mass is 516 g/mol. The fourth-order valence-electron chi connectivity index (χ4n) is 6.45. The second-order valence-corrected chi connectivity index (χ2v) is 10.4. The fourth-order valence-corrected chi connectivity index (χ4v) is 6.45. The highest BCUT2D eigenvalue weighted by Gasteiger charge is 2.36. The zero-order valence-electron chi connectivity index (χ0n) is 20.1. The summed E-state index contributed by atoms with van der Waals surface area (Å²) in [5.41, 5.74) is 2.97. The van der Waals surface area contributed by atoms with Gasteiger partial charge in [0.15, 0.2) is 0 Å². The maximum Gasteiger partial charge on any atom is 0.114 e. The molecule has 4 nitrogen and oxygen atoms in total. The van der Waals surface area contributed by atoms with Crippen molar-refractivity contribution < 1.29 is 0 Å². The molecule has 33 heavy (non-hydrogen) atoms. The number of rotatable bonds is 3. The van der Waals surface area contributed by atoms with Gasteiger partial charge >= 0.3 is 0 Å². The third-order valence-electron chi connectivity index (χ3n) is 8.31. The van der Waals surface area contributed by atoms with Crippen molar-refractivity contribution in [1.29, 1.82) is 0 Å². The van der Waals surface area contributed by atoms with E-state index in [1.165, 1.54) is 101 Å². The normalized spacial score (nSPS) is 24.6. The number of benzene rings is 1. The summed E-state index contributed by atoms with van der Waals surface area (Å²) in [7, 11) is 0. The lowest BCUT2D eigenvalue weighted by molar-refractivity contribution is 0.0435. The number of piperidine rings is 2. The first-order valence-corrected chi connectivity index (χ1v) is 12.7. The van der Waals surface area contributed by atoms with Gasteiger partial charge in [-0.25, -0.2) is 4.98 Å². The van der Waals surface area contributed by atoms with Crippen molar-refractivity contribution in [1.82, 2.24) is 19.8 Å². The van der Waals surface area contributed by atoms with Crippen molar-refractivity contribution in [3.63, 3.8) is 0 Å². The van der Waals surface area contributed by atoms with Gasteiger partial charge in [-0.15, -0.1) is 37.2 Å². The highest BCUT2D eigenvalue weighted by atomic mass is 35.5. The first-order chi connectivity index (χ1) is 14.7. The van der Waals surface area contributed by atoms with Crippen molar-refractivity contribution >= 4 is 48.3 Å². The van der Waals surface area contributed by atoms with Crippen molar-refractivity contribution in [2.75, 3.05) is 26.2 Å². The Bertz CT molecular complexity index is 833. The number of halogens is 3. The number of fused-ring (bicyclic) bond motifs is 1. The Labute approximate surface area is 218 Å². The molecule has 0 bridgehead atoms. The molecular formula is C26H43Cl3N4. The summed E-state index contributed by atoms with van der Waals surface area (Å²) >= 11 is 0. The molecule has 7 heteroatoms. The molecular weight excluding hydrogens is 475 g/mol. The van der Waals surface area contributed by atoms with Crippen LogP contribution in [-0.4, -0.2) is 46.2 Å². The van der Waals surface area contributed by atoms with E-state index < -0.39 is 0 Å². The van der Waals surface area contributed by atoms with Gasteiger partial charge in [0, 0.05) is 37.1 Å². The fraction of sp³-hybridized carbons (Fsp3) is 0.731. The summed E-state index contributed by atoms with van der Waals surface area (Å²) in [4.78, 5) is 8.02. The van der Waals surface area contributed by atoms with Crippen molar-refractivity contribution in [2.24, 2.45) is 0 Å². The molecule has 2 saturated heterocycles. The molecule has 1 aliphatic carbocycles. The lowest BCUT2D eigenvalue weighted by atomic mass is 9.82. The number of likely N-dealkylation sites (tertiary alicyclic amines) is 1. The van der Waals surface area contributed by atoms with Gasteiger partial charge in [0.2, 0.25) is 0 Å². The minimum absolute atomic E-state index is 0. The van der Waals surface area contributed by atoms with Crippen LogP contribution in [0.25, 0.3) is 11.0 Å². The molecule has 1 atom stereocenters. The maximum absolute atomic E-state index is 5.17. The molecule has 188 valence electrons. The van der Waals surface area contributed by atoms with Crippen molar-refractivity contribution in [2.45, 2.75) is 95.1 Å². The quantitative estimate of drug-likeness (QED) is 0.480. The summed E-state index contributed by atoms with van der Waals surface area (Å²) in [6.45, 7) is 7.30. The van der Waals surface area contributed by atoms with Gasteiger partial charge in [-0.3, -0.25) is 4.90 Å². The number of para-hydroxylation sites is 2. The van der Waals surface area contributed by atoms with Crippen LogP contribution in [0.1, 0.15) is 95.3 Å². The number of nitrogens with zero attached hydrogens (tertiary/aromatic N) is 3. The predicted octanol–water partition coefficient (Wildman–Crippen LogP) is 6.91. The largest absolute Gasteiger partial charge is 0.324 e. The third kappa shape index (κ3) is 6.19. The number of hydrogen-bond donors (Lipinski definition) is 1. The first-order valence-electron chi connectivity index (χ1n) is 12.7. The van der Waals surface area contributed by atoms with Gasteiger partial charge < -0.3 is 9.88 Å². The number of aromatic nitrogens is 2. The number of imidazole rings is 1. The minimum Gasteiger partial charge on any atom is -0.324 e. The molecule has 2 aromatic rings. The zero-order chi connectivity index (χ0) is 20.4. The van der Waals surface area contributed by atoms with Gasteiger partial charge in [0.1, 0.15) is 5.82 Å². The first kappa shape index (κ1) is 28.7. The van der Waals surface area contributed by atoms with Gasteiger partial charge in [-0.2, -0.15) is 0 Å². The Balaban J connectivity index is 0.00000128. The van der Waals surface area contributed by atoms with E-state index in [-0.39, 0.29) is 37.2 Å². The van der Waals surface area contributed by atoms with Crippen LogP contribution in [0.4, 0.5) is 0 Å². The van der Waals surface area contributed by atoms with E-state index in [9.17, 15) is 0 Å². The van der Waals surface area contributed by atoms with Crippen molar-refractivity contribution in [3.05, 3.63) is 30.1 Å². The molecule has 0 spiro atoms.